The third-order valence-corrected chi connectivity index (χ3v) is 11.0. The monoisotopic (exact) mass is 718 g/mol. The average Bonchev–Trinajstić information content (AvgIpc) is 3.79. The van der Waals surface area contributed by atoms with Crippen molar-refractivity contribution in [3.05, 3.63) is 75.9 Å². The molecular weight excluding hydrogens is 681 g/mol. The quantitative estimate of drug-likeness (QED) is 0.200. The number of aromatic nitrogens is 5. The summed E-state index contributed by atoms with van der Waals surface area (Å²) in [6, 6.07) is 10.9. The van der Waals surface area contributed by atoms with Crippen LogP contribution in [0.25, 0.3) is 33.6 Å². The predicted molar refractivity (Wildman–Crippen MR) is 187 cm³/mol. The van der Waals surface area contributed by atoms with Crippen LogP contribution in [-0.4, -0.2) is 65.9 Å². The number of imidazole rings is 1. The summed E-state index contributed by atoms with van der Waals surface area (Å²) in [4.78, 5) is 43.0. The molecule has 266 valence electrons. The summed E-state index contributed by atoms with van der Waals surface area (Å²) in [5.41, 5.74) is 9.29. The van der Waals surface area contributed by atoms with Gasteiger partial charge >= 0.3 is 0 Å². The summed E-state index contributed by atoms with van der Waals surface area (Å²) in [5.74, 6) is -0.872. The first kappa shape index (κ1) is 33.6. The zero-order valence-electron chi connectivity index (χ0n) is 28.1. The minimum atomic E-state index is -2.80. The second-order valence-corrected chi connectivity index (χ2v) is 14.5. The predicted octanol–water partition coefficient (Wildman–Crippen LogP) is 6.67. The van der Waals surface area contributed by atoms with Gasteiger partial charge in [-0.2, -0.15) is 0 Å². The number of hydrogen-bond acceptors (Lipinski definition) is 6. The van der Waals surface area contributed by atoms with Gasteiger partial charge in [0.15, 0.2) is 5.82 Å². The molecule has 3 N–H and O–H groups in total. The summed E-state index contributed by atoms with van der Waals surface area (Å²) in [7, 11) is 0. The molecule has 3 aliphatic rings. The third kappa shape index (κ3) is 6.13. The lowest BCUT2D eigenvalue weighted by Gasteiger charge is -2.37. The number of benzene rings is 1. The topological polar surface area (TPSA) is 124 Å². The van der Waals surface area contributed by atoms with E-state index in [1.54, 1.807) is 17.0 Å². The molecule has 5 aromatic rings. The lowest BCUT2D eigenvalue weighted by molar-refractivity contribution is 0.0603. The van der Waals surface area contributed by atoms with E-state index in [9.17, 15) is 18.4 Å². The van der Waals surface area contributed by atoms with Gasteiger partial charge in [0, 0.05) is 36.1 Å². The van der Waals surface area contributed by atoms with Gasteiger partial charge in [0.05, 0.1) is 40.7 Å². The number of alkyl halides is 2. The van der Waals surface area contributed by atoms with Crippen LogP contribution >= 0.6 is 11.6 Å². The molecule has 4 atom stereocenters. The fraction of sp³-hybridized carbons (Fsp3) is 0.432. The Bertz CT molecular complexity index is 2180. The van der Waals surface area contributed by atoms with E-state index in [-0.39, 0.29) is 46.3 Å². The second-order valence-electron chi connectivity index (χ2n) is 14.1. The van der Waals surface area contributed by atoms with Gasteiger partial charge in [-0.1, -0.05) is 18.0 Å². The summed E-state index contributed by atoms with van der Waals surface area (Å²) in [6.45, 7) is 1.92. The first-order valence-electron chi connectivity index (χ1n) is 17.6. The number of aryl methyl sites for hydroxylation is 2. The van der Waals surface area contributed by atoms with Gasteiger partial charge in [0.25, 0.3) is 18.2 Å². The number of carbonyl (C=O) groups is 2. The number of fused-ring (bicyclic) bond motifs is 5. The number of likely N-dealkylation sites (tertiary alicyclic amines) is 1. The number of carbonyl (C=O) groups excluding carboxylic acids is 2. The number of pyridine rings is 2. The van der Waals surface area contributed by atoms with E-state index in [4.69, 9.17) is 27.3 Å². The van der Waals surface area contributed by atoms with E-state index in [1.165, 1.54) is 10.6 Å². The van der Waals surface area contributed by atoms with Crippen molar-refractivity contribution in [3.63, 3.8) is 0 Å². The number of piperidine rings is 1. The molecule has 10 nitrogen and oxygen atoms in total. The van der Waals surface area contributed by atoms with Crippen molar-refractivity contribution in [2.24, 2.45) is 11.7 Å². The highest BCUT2D eigenvalue weighted by molar-refractivity contribution is 6.29. The van der Waals surface area contributed by atoms with Crippen LogP contribution in [0, 0.1) is 11.7 Å². The van der Waals surface area contributed by atoms with Crippen molar-refractivity contribution in [2.75, 3.05) is 6.54 Å². The van der Waals surface area contributed by atoms with Crippen LogP contribution in [0.1, 0.15) is 83.6 Å². The zero-order chi connectivity index (χ0) is 35.6. The molecule has 51 heavy (non-hydrogen) atoms. The lowest BCUT2D eigenvalue weighted by Crippen LogP contribution is -2.51. The largest absolute Gasteiger partial charge is 0.344 e. The number of nitrogens with zero attached hydrogens (tertiary/aromatic N) is 6. The standard InChI is InChI=1S/C37H38ClF3N8O2/c1-19-27-10-7-21-16-30(47(34(21)45-27)12-4-2-3-5-28-24(36(50)43-19)9-11-31(38)44-28)35-46-29-15-22(14-25(39)33(29)49(35)18-32(40)41)37(51)48-17-26(42)20-6-8-23(48)13-20/h7,9-11,14-16,19-20,23,26,32H,2-6,8,12-13,17-18,42H2,1H3,(H,43,50)/t19-,20-,23+,26+/m1/s1. The number of rotatable bonds is 4. The lowest BCUT2D eigenvalue weighted by atomic mass is 9.94. The van der Waals surface area contributed by atoms with Gasteiger partial charge in [-0.05, 0) is 93.8 Å². The van der Waals surface area contributed by atoms with E-state index in [2.05, 4.69) is 10.3 Å². The summed E-state index contributed by atoms with van der Waals surface area (Å²) in [6.07, 6.45) is 2.58. The van der Waals surface area contributed by atoms with Crippen molar-refractivity contribution in [1.29, 1.82) is 0 Å². The molecule has 4 aromatic heterocycles. The summed E-state index contributed by atoms with van der Waals surface area (Å²) >= 11 is 6.18. The number of nitrogens with one attached hydrogen (secondary N) is 1. The third-order valence-electron chi connectivity index (χ3n) is 10.8. The van der Waals surface area contributed by atoms with Gasteiger partial charge in [-0.25, -0.2) is 28.1 Å². The van der Waals surface area contributed by atoms with E-state index in [0.29, 0.717) is 65.3 Å². The maximum atomic E-state index is 16.1. The van der Waals surface area contributed by atoms with Gasteiger partial charge in [-0.3, -0.25) is 9.59 Å². The van der Waals surface area contributed by atoms with Crippen LogP contribution in [0.3, 0.4) is 0 Å². The Morgan fingerprint density at radius 1 is 1.08 bits per heavy atom. The highest BCUT2D eigenvalue weighted by atomic mass is 35.5. The molecule has 2 amide bonds. The van der Waals surface area contributed by atoms with Gasteiger partial charge in [-0.15, -0.1) is 0 Å². The van der Waals surface area contributed by atoms with Gasteiger partial charge in [0.2, 0.25) is 0 Å². The molecule has 2 aliphatic heterocycles. The second kappa shape index (κ2) is 13.2. The van der Waals surface area contributed by atoms with Crippen LogP contribution in [0.5, 0.6) is 0 Å². The van der Waals surface area contributed by atoms with Crippen molar-refractivity contribution in [1.82, 2.24) is 34.3 Å². The van der Waals surface area contributed by atoms with E-state index in [0.717, 1.165) is 43.6 Å². The molecule has 4 bridgehead atoms. The Kier molecular flexibility index (Phi) is 8.74. The van der Waals surface area contributed by atoms with E-state index < -0.39 is 24.8 Å². The van der Waals surface area contributed by atoms with Crippen LogP contribution in [0.15, 0.2) is 42.5 Å². The fourth-order valence-corrected chi connectivity index (χ4v) is 8.37. The van der Waals surface area contributed by atoms with Crippen molar-refractivity contribution < 1.29 is 22.8 Å². The molecular formula is C37H38ClF3N8O2. The summed E-state index contributed by atoms with van der Waals surface area (Å²) in [5, 5.41) is 4.07. The zero-order valence-corrected chi connectivity index (χ0v) is 28.8. The highest BCUT2D eigenvalue weighted by Crippen LogP contribution is 2.38. The molecule has 0 unspecified atom stereocenters. The number of nitrogens with two attached hydrogens (primary N) is 1. The molecule has 14 heteroatoms. The van der Waals surface area contributed by atoms with Crippen molar-refractivity contribution in [3.8, 4) is 11.5 Å². The number of amides is 2. The molecule has 0 spiro atoms. The fourth-order valence-electron chi connectivity index (χ4n) is 8.21. The minimum Gasteiger partial charge on any atom is -0.344 e. The first-order chi connectivity index (χ1) is 24.5. The van der Waals surface area contributed by atoms with Crippen molar-refractivity contribution in [2.45, 2.75) is 89.5 Å². The molecule has 6 heterocycles. The SMILES string of the molecule is C[C@H]1NC(=O)c2ccc(Cl)nc2CCCCCn2c(-c3nc4cc(C(=O)N5C[C@H](N)[C@@H]6CC[C@H]5C6)cc(F)c4n3CC(F)F)cc3ccc1nc32. The van der Waals surface area contributed by atoms with Crippen LogP contribution < -0.4 is 11.1 Å². The Balaban J connectivity index is 1.21. The van der Waals surface area contributed by atoms with Crippen LogP contribution in [0.2, 0.25) is 5.15 Å². The molecule has 8 rings (SSSR count). The van der Waals surface area contributed by atoms with Gasteiger partial charge in [0.1, 0.15) is 22.1 Å². The number of hydrogen-bond donors (Lipinski definition) is 2. The maximum absolute atomic E-state index is 16.1. The Morgan fingerprint density at radius 3 is 2.75 bits per heavy atom. The van der Waals surface area contributed by atoms with Gasteiger partial charge < -0.3 is 25.1 Å². The van der Waals surface area contributed by atoms with Crippen molar-refractivity contribution >= 4 is 45.5 Å². The molecule has 1 saturated carbocycles. The highest BCUT2D eigenvalue weighted by Gasteiger charge is 2.41. The van der Waals surface area contributed by atoms with Crippen LogP contribution in [0.4, 0.5) is 13.2 Å². The minimum absolute atomic E-state index is 0.0509. The first-order valence-corrected chi connectivity index (χ1v) is 17.9. The van der Waals surface area contributed by atoms with E-state index in [1.807, 2.05) is 29.7 Å². The molecule has 2 fully saturated rings. The summed E-state index contributed by atoms with van der Waals surface area (Å²) < 4.78 is 47.6. The maximum Gasteiger partial charge on any atom is 0.256 e. The van der Waals surface area contributed by atoms with E-state index >= 15 is 4.39 Å². The molecule has 1 aliphatic carbocycles. The molecule has 0 radical (unpaired) electrons. The average molecular weight is 719 g/mol. The Hall–Kier alpha value is -4.49. The number of halogens is 4. The smallest absolute Gasteiger partial charge is 0.256 e. The Labute approximate surface area is 297 Å². The normalized spacial score (nSPS) is 22.5. The Morgan fingerprint density at radius 2 is 1.92 bits per heavy atom. The molecule has 1 saturated heterocycles. The molecule has 1 aromatic carbocycles. The van der Waals surface area contributed by atoms with Crippen LogP contribution in [-0.2, 0) is 19.5 Å².